The number of nitrogens with zero attached hydrogens (tertiary/aromatic N) is 3. The van der Waals surface area contributed by atoms with Crippen molar-refractivity contribution in [2.24, 2.45) is 5.10 Å². The van der Waals surface area contributed by atoms with E-state index < -0.39 is 22.5 Å². The van der Waals surface area contributed by atoms with Crippen molar-refractivity contribution in [2.45, 2.75) is 4.90 Å². The first-order valence-electron chi connectivity index (χ1n) is 9.65. The Morgan fingerprint density at radius 3 is 2.36 bits per heavy atom. The van der Waals surface area contributed by atoms with Gasteiger partial charge in [-0.2, -0.15) is 10.4 Å². The number of anilines is 1. The lowest BCUT2D eigenvalue weighted by Gasteiger charge is -2.23. The molecule has 0 fully saturated rings. The molecule has 0 heterocycles. The molecule has 0 saturated heterocycles. The van der Waals surface area contributed by atoms with Crippen molar-refractivity contribution in [3.05, 3.63) is 89.4 Å². The molecular weight excluding hydrogens is 464 g/mol. The average Bonchev–Trinajstić information content (AvgIpc) is 2.83. The lowest BCUT2D eigenvalue weighted by molar-refractivity contribution is -0.119. The Balaban J connectivity index is 1.73. The second kappa shape index (κ2) is 11.1. The number of hydrogen-bond donors (Lipinski definition) is 1. The molecular formula is C23H19ClN4O4S. The third-order valence-electron chi connectivity index (χ3n) is 4.32. The maximum atomic E-state index is 13.2. The van der Waals surface area contributed by atoms with Crippen molar-refractivity contribution in [3.63, 3.8) is 0 Å². The molecule has 3 aromatic rings. The van der Waals surface area contributed by atoms with Crippen molar-refractivity contribution in [3.8, 4) is 11.8 Å². The molecule has 0 saturated carbocycles. The minimum Gasteiger partial charge on any atom is -0.479 e. The Labute approximate surface area is 196 Å². The number of hydrazone groups is 1. The van der Waals surface area contributed by atoms with Crippen LogP contribution in [0.5, 0.6) is 5.75 Å². The first-order chi connectivity index (χ1) is 15.9. The summed E-state index contributed by atoms with van der Waals surface area (Å²) in [5, 5.41) is 12.9. The van der Waals surface area contributed by atoms with E-state index in [4.69, 9.17) is 21.6 Å². The van der Waals surface area contributed by atoms with E-state index in [1.807, 2.05) is 6.07 Å². The molecule has 8 nitrogen and oxygen atoms in total. The van der Waals surface area contributed by atoms with E-state index in [0.717, 1.165) is 4.31 Å². The van der Waals surface area contributed by atoms with Gasteiger partial charge < -0.3 is 4.74 Å². The predicted octanol–water partition coefficient (Wildman–Crippen LogP) is 3.59. The summed E-state index contributed by atoms with van der Waals surface area (Å²) in [5.41, 5.74) is 3.30. The van der Waals surface area contributed by atoms with Gasteiger partial charge in [-0.05, 0) is 66.2 Å². The third-order valence-corrected chi connectivity index (χ3v) is 6.36. The second-order valence-electron chi connectivity index (χ2n) is 6.61. The second-order valence-corrected chi connectivity index (χ2v) is 8.91. The van der Waals surface area contributed by atoms with Crippen molar-refractivity contribution in [2.75, 3.05) is 17.5 Å². The van der Waals surface area contributed by atoms with Gasteiger partial charge in [0.05, 0.1) is 16.8 Å². The number of carbonyl (C=O) groups is 1. The van der Waals surface area contributed by atoms with Crippen LogP contribution in [-0.4, -0.2) is 33.7 Å². The number of halogens is 1. The molecule has 0 spiro atoms. The number of sulfonamides is 1. The summed E-state index contributed by atoms with van der Waals surface area (Å²) < 4.78 is 32.6. The van der Waals surface area contributed by atoms with E-state index in [-0.39, 0.29) is 17.2 Å². The summed E-state index contributed by atoms with van der Waals surface area (Å²) >= 11 is 5.93. The molecule has 1 N–H and O–H groups in total. The molecule has 0 aliphatic rings. The van der Waals surface area contributed by atoms with Crippen LogP contribution in [0.25, 0.3) is 0 Å². The fourth-order valence-corrected chi connectivity index (χ4v) is 4.32. The average molecular weight is 483 g/mol. The highest BCUT2D eigenvalue weighted by molar-refractivity contribution is 7.92. The van der Waals surface area contributed by atoms with Gasteiger partial charge in [0.25, 0.3) is 15.9 Å². The Bertz CT molecular complexity index is 1260. The van der Waals surface area contributed by atoms with Gasteiger partial charge in [-0.25, -0.2) is 13.8 Å². The van der Waals surface area contributed by atoms with Crippen molar-refractivity contribution in [1.82, 2.24) is 5.43 Å². The number of nitriles is 1. The maximum absolute atomic E-state index is 13.2. The number of amides is 1. The lowest BCUT2D eigenvalue weighted by Crippen LogP contribution is -2.39. The molecule has 0 aliphatic carbocycles. The SMILES string of the molecule is N#CCOc1ccc(/C=N/NC(=O)CN(c2ccc(Cl)cc2)S(=O)(=O)c2ccccc2)cc1. The lowest BCUT2D eigenvalue weighted by atomic mass is 10.2. The number of ether oxygens (including phenoxy) is 1. The number of rotatable bonds is 9. The summed E-state index contributed by atoms with van der Waals surface area (Å²) in [6, 6.07) is 22.6. The van der Waals surface area contributed by atoms with E-state index in [0.29, 0.717) is 16.3 Å². The normalized spacial score (nSPS) is 11.0. The van der Waals surface area contributed by atoms with Gasteiger partial charge in [-0.3, -0.25) is 9.10 Å². The molecule has 0 radical (unpaired) electrons. The smallest absolute Gasteiger partial charge is 0.264 e. The Hall–Kier alpha value is -3.87. The zero-order valence-electron chi connectivity index (χ0n) is 17.3. The summed E-state index contributed by atoms with van der Waals surface area (Å²) in [4.78, 5) is 12.6. The standard InChI is InChI=1S/C23H19ClN4O4S/c24-19-8-10-20(11-9-19)28(33(30,31)22-4-2-1-3-5-22)17-23(29)27-26-16-18-6-12-21(13-7-18)32-15-14-25/h1-13,16H,15,17H2,(H,27,29)/b26-16+. The van der Waals surface area contributed by atoms with Crippen LogP contribution in [0.1, 0.15) is 5.56 Å². The van der Waals surface area contributed by atoms with Crippen LogP contribution >= 0.6 is 11.6 Å². The minimum absolute atomic E-state index is 0.0509. The molecule has 10 heteroatoms. The number of nitrogens with one attached hydrogen (secondary N) is 1. The fourth-order valence-electron chi connectivity index (χ4n) is 2.75. The Kier molecular flexibility index (Phi) is 8.02. The van der Waals surface area contributed by atoms with E-state index >= 15 is 0 Å². The fraction of sp³-hybridized carbons (Fsp3) is 0.0870. The highest BCUT2D eigenvalue weighted by Crippen LogP contribution is 2.25. The molecule has 3 rings (SSSR count). The highest BCUT2D eigenvalue weighted by atomic mass is 35.5. The Morgan fingerprint density at radius 1 is 1.06 bits per heavy atom. The summed E-state index contributed by atoms with van der Waals surface area (Å²) in [5.74, 6) is -0.0999. The largest absolute Gasteiger partial charge is 0.479 e. The van der Waals surface area contributed by atoms with Gasteiger partial charge in [0.15, 0.2) is 6.61 Å². The van der Waals surface area contributed by atoms with Gasteiger partial charge in [0.1, 0.15) is 18.4 Å². The molecule has 0 unspecified atom stereocenters. The van der Waals surface area contributed by atoms with Crippen LogP contribution in [0.15, 0.2) is 88.9 Å². The topological polar surface area (TPSA) is 112 Å². The van der Waals surface area contributed by atoms with E-state index in [2.05, 4.69) is 10.5 Å². The van der Waals surface area contributed by atoms with Gasteiger partial charge in [0, 0.05) is 5.02 Å². The summed E-state index contributed by atoms with van der Waals surface area (Å²) in [7, 11) is -4.01. The zero-order valence-corrected chi connectivity index (χ0v) is 18.8. The van der Waals surface area contributed by atoms with Gasteiger partial charge in [0.2, 0.25) is 0 Å². The van der Waals surface area contributed by atoms with Crippen LogP contribution in [0.2, 0.25) is 5.02 Å². The molecule has 0 aromatic heterocycles. The van der Waals surface area contributed by atoms with Crippen LogP contribution in [-0.2, 0) is 14.8 Å². The van der Waals surface area contributed by atoms with Crippen molar-refractivity contribution < 1.29 is 17.9 Å². The first-order valence-corrected chi connectivity index (χ1v) is 11.5. The van der Waals surface area contributed by atoms with E-state index in [1.165, 1.54) is 30.5 Å². The first kappa shape index (κ1) is 23.8. The minimum atomic E-state index is -4.01. The van der Waals surface area contributed by atoms with Crippen LogP contribution < -0.4 is 14.5 Å². The van der Waals surface area contributed by atoms with Crippen LogP contribution in [0.4, 0.5) is 5.69 Å². The van der Waals surface area contributed by atoms with E-state index in [1.54, 1.807) is 54.6 Å². The van der Waals surface area contributed by atoms with Gasteiger partial charge in [-0.15, -0.1) is 0 Å². The van der Waals surface area contributed by atoms with Gasteiger partial charge >= 0.3 is 0 Å². The van der Waals surface area contributed by atoms with Crippen LogP contribution in [0, 0.1) is 11.3 Å². The quantitative estimate of drug-likeness (QED) is 0.370. The van der Waals surface area contributed by atoms with Crippen LogP contribution in [0.3, 0.4) is 0 Å². The summed E-state index contributed by atoms with van der Waals surface area (Å²) in [6.07, 6.45) is 1.41. The number of benzene rings is 3. The van der Waals surface area contributed by atoms with Gasteiger partial charge in [-0.1, -0.05) is 29.8 Å². The van der Waals surface area contributed by atoms with Crippen molar-refractivity contribution >= 4 is 39.4 Å². The number of carbonyl (C=O) groups excluding carboxylic acids is 1. The molecule has 3 aromatic carbocycles. The molecule has 33 heavy (non-hydrogen) atoms. The molecule has 0 aliphatic heterocycles. The molecule has 0 atom stereocenters. The predicted molar refractivity (Wildman–Crippen MR) is 126 cm³/mol. The molecule has 0 bridgehead atoms. The summed E-state index contributed by atoms with van der Waals surface area (Å²) in [6.45, 7) is -0.545. The third kappa shape index (κ3) is 6.55. The Morgan fingerprint density at radius 2 is 1.73 bits per heavy atom. The molecule has 1 amide bonds. The monoisotopic (exact) mass is 482 g/mol. The zero-order chi connectivity index (χ0) is 23.7. The number of hydrogen-bond acceptors (Lipinski definition) is 6. The maximum Gasteiger partial charge on any atom is 0.264 e. The van der Waals surface area contributed by atoms with E-state index in [9.17, 15) is 13.2 Å². The molecule has 168 valence electrons. The highest BCUT2D eigenvalue weighted by Gasteiger charge is 2.27. The van der Waals surface area contributed by atoms with Crippen molar-refractivity contribution in [1.29, 1.82) is 5.26 Å².